The van der Waals surface area contributed by atoms with Gasteiger partial charge in [-0.2, -0.15) is 0 Å². The number of anilines is 1. The van der Waals surface area contributed by atoms with Crippen molar-refractivity contribution >= 4 is 17.5 Å². The molecule has 0 saturated carbocycles. The summed E-state index contributed by atoms with van der Waals surface area (Å²) >= 11 is 0. The molecule has 1 N–H and O–H groups in total. The number of likely N-dealkylation sites (tertiary alicyclic amines) is 1. The largest absolute Gasteiger partial charge is 0.482 e. The normalized spacial score (nSPS) is 20.4. The highest BCUT2D eigenvalue weighted by molar-refractivity contribution is 5.98. The van der Waals surface area contributed by atoms with Crippen LogP contribution in [-0.2, 0) is 9.59 Å². The molecule has 0 radical (unpaired) electrons. The zero-order chi connectivity index (χ0) is 18.4. The topological polar surface area (TPSA) is 61.9 Å². The van der Waals surface area contributed by atoms with Crippen LogP contribution in [0.25, 0.3) is 0 Å². The van der Waals surface area contributed by atoms with Gasteiger partial charge in [-0.3, -0.25) is 9.59 Å². The average Bonchev–Trinajstić information content (AvgIpc) is 2.64. The van der Waals surface area contributed by atoms with Gasteiger partial charge in [-0.15, -0.1) is 0 Å². The third-order valence-electron chi connectivity index (χ3n) is 5.09. The minimum Gasteiger partial charge on any atom is -0.482 e. The van der Waals surface area contributed by atoms with Gasteiger partial charge in [0.25, 0.3) is 5.91 Å². The molecular formula is C20H29N3O3. The number of fused-ring (bicyclic) bond motifs is 1. The number of hydrogen-bond donors (Lipinski definition) is 1. The highest BCUT2D eigenvalue weighted by Crippen LogP contribution is 2.31. The van der Waals surface area contributed by atoms with Gasteiger partial charge in [0.15, 0.2) is 6.61 Å². The smallest absolute Gasteiger partial charge is 0.265 e. The first-order valence-electron chi connectivity index (χ1n) is 9.65. The summed E-state index contributed by atoms with van der Waals surface area (Å²) in [5.41, 5.74) is 0.746. The molecular weight excluding hydrogens is 330 g/mol. The third-order valence-corrected chi connectivity index (χ3v) is 5.09. The highest BCUT2D eigenvalue weighted by atomic mass is 16.5. The lowest BCUT2D eigenvalue weighted by Crippen LogP contribution is -2.41. The predicted octanol–water partition coefficient (Wildman–Crippen LogP) is 2.04. The second-order valence-corrected chi connectivity index (χ2v) is 7.30. The molecule has 2 aliphatic heterocycles. The van der Waals surface area contributed by atoms with E-state index in [1.54, 1.807) is 4.90 Å². The van der Waals surface area contributed by atoms with Crippen LogP contribution in [0, 0.1) is 5.92 Å². The number of piperidine rings is 1. The number of nitrogens with zero attached hydrogens (tertiary/aromatic N) is 2. The maximum Gasteiger partial charge on any atom is 0.265 e. The summed E-state index contributed by atoms with van der Waals surface area (Å²) in [4.78, 5) is 28.3. The van der Waals surface area contributed by atoms with Crippen LogP contribution in [0.3, 0.4) is 0 Å². The minimum absolute atomic E-state index is 0.00575. The Morgan fingerprint density at radius 2 is 2.15 bits per heavy atom. The predicted molar refractivity (Wildman–Crippen MR) is 101 cm³/mol. The monoisotopic (exact) mass is 359 g/mol. The van der Waals surface area contributed by atoms with Crippen molar-refractivity contribution in [1.82, 2.24) is 10.2 Å². The van der Waals surface area contributed by atoms with Crippen LogP contribution >= 0.6 is 0 Å². The summed E-state index contributed by atoms with van der Waals surface area (Å²) in [6.45, 7) is 6.81. The van der Waals surface area contributed by atoms with Crippen molar-refractivity contribution in [3.63, 3.8) is 0 Å². The zero-order valence-electron chi connectivity index (χ0n) is 15.6. The van der Waals surface area contributed by atoms with Gasteiger partial charge in [0.2, 0.25) is 5.91 Å². The molecule has 2 amide bonds. The average molecular weight is 359 g/mol. The van der Waals surface area contributed by atoms with E-state index in [4.69, 9.17) is 4.74 Å². The first kappa shape index (κ1) is 18.7. The fourth-order valence-electron chi connectivity index (χ4n) is 3.72. The van der Waals surface area contributed by atoms with Gasteiger partial charge in [-0.25, -0.2) is 0 Å². The number of benzene rings is 1. The molecule has 3 rings (SSSR count). The molecule has 2 heterocycles. The van der Waals surface area contributed by atoms with Gasteiger partial charge >= 0.3 is 0 Å². The Kier molecular flexibility index (Phi) is 6.50. The van der Waals surface area contributed by atoms with E-state index < -0.39 is 0 Å². The fraction of sp³-hybridized carbons (Fsp3) is 0.600. The maximum atomic E-state index is 12.1. The number of ether oxygens (including phenoxy) is 1. The molecule has 0 spiro atoms. The molecule has 1 saturated heterocycles. The lowest BCUT2D eigenvalue weighted by Gasteiger charge is -2.30. The van der Waals surface area contributed by atoms with Crippen LogP contribution in [-0.4, -0.2) is 56.0 Å². The quantitative estimate of drug-likeness (QED) is 0.757. The zero-order valence-corrected chi connectivity index (χ0v) is 15.6. The van der Waals surface area contributed by atoms with E-state index >= 15 is 0 Å². The van der Waals surface area contributed by atoms with Gasteiger partial charge in [-0.05, 0) is 50.4 Å². The van der Waals surface area contributed by atoms with Crippen LogP contribution < -0.4 is 15.0 Å². The van der Waals surface area contributed by atoms with Gasteiger partial charge in [-0.1, -0.05) is 19.1 Å². The maximum absolute atomic E-state index is 12.1. The van der Waals surface area contributed by atoms with Crippen LogP contribution in [0.15, 0.2) is 24.3 Å². The second-order valence-electron chi connectivity index (χ2n) is 7.30. The van der Waals surface area contributed by atoms with Crippen LogP contribution in [0.1, 0.15) is 32.6 Å². The van der Waals surface area contributed by atoms with Crippen LogP contribution in [0.2, 0.25) is 0 Å². The Hall–Kier alpha value is -2.08. The summed E-state index contributed by atoms with van der Waals surface area (Å²) in [7, 11) is 0. The Morgan fingerprint density at radius 3 is 3.00 bits per heavy atom. The number of carbonyl (C=O) groups excluding carboxylic acids is 2. The first-order chi connectivity index (χ1) is 12.6. The molecule has 0 aliphatic carbocycles. The van der Waals surface area contributed by atoms with Crippen molar-refractivity contribution in [3.8, 4) is 5.75 Å². The Balaban J connectivity index is 1.37. The first-order valence-corrected chi connectivity index (χ1v) is 9.65. The van der Waals surface area contributed by atoms with E-state index in [0.29, 0.717) is 25.3 Å². The van der Waals surface area contributed by atoms with E-state index in [1.807, 2.05) is 24.3 Å². The van der Waals surface area contributed by atoms with E-state index in [0.717, 1.165) is 24.6 Å². The number of amides is 2. The molecule has 6 nitrogen and oxygen atoms in total. The van der Waals surface area contributed by atoms with E-state index in [-0.39, 0.29) is 18.4 Å². The number of para-hydroxylation sites is 2. The van der Waals surface area contributed by atoms with E-state index in [9.17, 15) is 9.59 Å². The molecule has 6 heteroatoms. The molecule has 0 aromatic heterocycles. The molecule has 26 heavy (non-hydrogen) atoms. The molecule has 1 unspecified atom stereocenters. The SMILES string of the molecule is CC1CCCN(CCCNC(=O)CCN2C(=O)COc3ccccc32)C1. The number of rotatable bonds is 7. The van der Waals surface area contributed by atoms with Gasteiger partial charge < -0.3 is 19.9 Å². The molecule has 2 aliphatic rings. The Labute approximate surface area is 155 Å². The molecule has 1 atom stereocenters. The molecule has 0 bridgehead atoms. The van der Waals surface area contributed by atoms with Gasteiger partial charge in [0.05, 0.1) is 5.69 Å². The van der Waals surface area contributed by atoms with Crippen molar-refractivity contribution in [2.45, 2.75) is 32.6 Å². The van der Waals surface area contributed by atoms with Gasteiger partial charge in [0, 0.05) is 26.1 Å². The minimum atomic E-state index is -0.101. The molecule has 1 aromatic carbocycles. The number of carbonyl (C=O) groups is 2. The van der Waals surface area contributed by atoms with Crippen molar-refractivity contribution in [3.05, 3.63) is 24.3 Å². The lowest BCUT2D eigenvalue weighted by molar-refractivity contribution is -0.122. The van der Waals surface area contributed by atoms with Crippen LogP contribution in [0.4, 0.5) is 5.69 Å². The summed E-state index contributed by atoms with van der Waals surface area (Å²) < 4.78 is 5.42. The molecule has 142 valence electrons. The summed E-state index contributed by atoms with van der Waals surface area (Å²) in [5, 5.41) is 2.98. The van der Waals surface area contributed by atoms with Crippen molar-refractivity contribution < 1.29 is 14.3 Å². The Bertz CT molecular complexity index is 634. The van der Waals surface area contributed by atoms with Crippen LogP contribution in [0.5, 0.6) is 5.75 Å². The lowest BCUT2D eigenvalue weighted by atomic mass is 10.0. The van der Waals surface area contributed by atoms with Crippen molar-refractivity contribution in [2.24, 2.45) is 5.92 Å². The van der Waals surface area contributed by atoms with E-state index in [1.165, 1.54) is 25.9 Å². The van der Waals surface area contributed by atoms with Crippen molar-refractivity contribution in [2.75, 3.05) is 44.2 Å². The van der Waals surface area contributed by atoms with Gasteiger partial charge in [0.1, 0.15) is 5.75 Å². The summed E-state index contributed by atoms with van der Waals surface area (Å²) in [5.74, 6) is 1.38. The molecule has 1 aromatic rings. The summed E-state index contributed by atoms with van der Waals surface area (Å²) in [6, 6.07) is 7.44. The standard InChI is InChI=1S/C20H29N3O3/c1-16-6-4-11-22(14-16)12-5-10-21-19(24)9-13-23-17-7-2-3-8-18(17)26-15-20(23)25/h2-3,7-8,16H,4-6,9-15H2,1H3,(H,21,24). The third kappa shape index (κ3) is 4.97. The molecule has 1 fully saturated rings. The number of hydrogen-bond acceptors (Lipinski definition) is 4. The summed E-state index contributed by atoms with van der Waals surface area (Å²) in [6.07, 6.45) is 3.89. The number of nitrogens with one attached hydrogen (secondary N) is 1. The Morgan fingerprint density at radius 1 is 1.31 bits per heavy atom. The van der Waals surface area contributed by atoms with E-state index in [2.05, 4.69) is 17.1 Å². The highest BCUT2D eigenvalue weighted by Gasteiger charge is 2.25. The van der Waals surface area contributed by atoms with Crippen molar-refractivity contribution in [1.29, 1.82) is 0 Å². The second kappa shape index (κ2) is 9.03. The fourth-order valence-corrected chi connectivity index (χ4v) is 3.72.